The summed E-state index contributed by atoms with van der Waals surface area (Å²) < 4.78 is 12.1. The first kappa shape index (κ1) is 27.4. The van der Waals surface area contributed by atoms with Crippen LogP contribution in [0.4, 0.5) is 10.7 Å². The second-order valence-electron chi connectivity index (χ2n) is 12.4. The molecule has 3 heterocycles. The lowest BCUT2D eigenvalue weighted by molar-refractivity contribution is -0.0417. The van der Waals surface area contributed by atoms with E-state index in [0.29, 0.717) is 16.9 Å². The number of piperidine rings is 2. The maximum absolute atomic E-state index is 12.4. The molecule has 1 aromatic heterocycles. The molecular formula is C28H45ClN4O3. The number of nitrogens with zero attached hydrogens (tertiary/aromatic N) is 4. The van der Waals surface area contributed by atoms with Crippen molar-refractivity contribution in [2.45, 2.75) is 84.8 Å². The van der Waals surface area contributed by atoms with Crippen molar-refractivity contribution in [3.05, 3.63) is 17.4 Å². The van der Waals surface area contributed by atoms with E-state index in [0.717, 1.165) is 69.3 Å². The van der Waals surface area contributed by atoms with Crippen LogP contribution in [-0.2, 0) is 9.47 Å². The molecule has 1 aliphatic carbocycles. The molecule has 3 atom stereocenters. The summed E-state index contributed by atoms with van der Waals surface area (Å²) in [7, 11) is 0. The molecule has 1 saturated carbocycles. The lowest BCUT2D eigenvalue weighted by Gasteiger charge is -2.38. The summed E-state index contributed by atoms with van der Waals surface area (Å²) in [6, 6.07) is 0. The normalized spacial score (nSPS) is 24.8. The van der Waals surface area contributed by atoms with E-state index >= 15 is 0 Å². The van der Waals surface area contributed by atoms with Crippen LogP contribution < -0.4 is 4.90 Å². The molecular weight excluding hydrogens is 476 g/mol. The minimum Gasteiger partial charge on any atom is -0.444 e. The van der Waals surface area contributed by atoms with E-state index in [9.17, 15) is 4.79 Å². The Morgan fingerprint density at radius 1 is 1.08 bits per heavy atom. The molecule has 0 radical (unpaired) electrons. The van der Waals surface area contributed by atoms with Crippen molar-refractivity contribution >= 4 is 23.6 Å². The van der Waals surface area contributed by atoms with Gasteiger partial charge in [0, 0.05) is 32.8 Å². The summed E-state index contributed by atoms with van der Waals surface area (Å²) in [6.07, 6.45) is 10.4. The van der Waals surface area contributed by atoms with E-state index in [1.165, 1.54) is 25.7 Å². The highest BCUT2D eigenvalue weighted by Gasteiger charge is 2.43. The van der Waals surface area contributed by atoms with E-state index in [1.807, 2.05) is 25.7 Å². The van der Waals surface area contributed by atoms with E-state index < -0.39 is 5.60 Å². The molecule has 0 N–H and O–H groups in total. The molecule has 4 rings (SSSR count). The van der Waals surface area contributed by atoms with Crippen molar-refractivity contribution in [1.29, 1.82) is 0 Å². The number of carbonyl (C=O) groups is 1. The molecule has 3 fully saturated rings. The van der Waals surface area contributed by atoms with Crippen molar-refractivity contribution in [1.82, 2.24) is 14.9 Å². The molecule has 36 heavy (non-hydrogen) atoms. The highest BCUT2D eigenvalue weighted by atomic mass is 35.5. The first-order chi connectivity index (χ1) is 17.1. The van der Waals surface area contributed by atoms with Crippen LogP contribution in [0.15, 0.2) is 12.4 Å². The number of hydrogen-bond acceptors (Lipinski definition) is 6. The molecule has 3 aliphatic rings. The van der Waals surface area contributed by atoms with Crippen molar-refractivity contribution < 1.29 is 14.3 Å². The number of rotatable bonds is 8. The third-order valence-electron chi connectivity index (χ3n) is 8.12. The molecule has 1 aromatic rings. The average Bonchev–Trinajstić information content (AvgIpc) is 3.61. The number of ether oxygens (including phenoxy) is 2. The SMILES string of the molecule is CC(C)C(OCC[C@@H]1C[C@@H]1C1CCN(c2ncc(Cl)cn2)CC1)C1CCN(C(=O)OC(C)(C)C)CC1. The first-order valence-electron chi connectivity index (χ1n) is 13.9. The number of hydrogen-bond donors (Lipinski definition) is 0. The van der Waals surface area contributed by atoms with Crippen molar-refractivity contribution in [3.63, 3.8) is 0 Å². The van der Waals surface area contributed by atoms with Crippen LogP contribution in [0.5, 0.6) is 0 Å². The van der Waals surface area contributed by atoms with Crippen LogP contribution in [-0.4, -0.2) is 65.5 Å². The Balaban J connectivity index is 1.15. The summed E-state index contributed by atoms with van der Waals surface area (Å²) in [5.74, 6) is 4.29. The van der Waals surface area contributed by atoms with Gasteiger partial charge in [-0.3, -0.25) is 0 Å². The molecule has 202 valence electrons. The Bertz CT molecular complexity index is 843. The average molecular weight is 521 g/mol. The fraction of sp³-hybridized carbons (Fsp3) is 0.821. The Hall–Kier alpha value is -1.60. The summed E-state index contributed by atoms with van der Waals surface area (Å²) in [6.45, 7) is 14.7. The number of amides is 1. The summed E-state index contributed by atoms with van der Waals surface area (Å²) in [4.78, 5) is 25.3. The van der Waals surface area contributed by atoms with Gasteiger partial charge in [-0.05, 0) is 88.9 Å². The predicted molar refractivity (Wildman–Crippen MR) is 143 cm³/mol. The number of carbonyl (C=O) groups excluding carboxylic acids is 1. The Morgan fingerprint density at radius 3 is 2.31 bits per heavy atom. The zero-order valence-electron chi connectivity index (χ0n) is 22.8. The van der Waals surface area contributed by atoms with Gasteiger partial charge in [0.2, 0.25) is 5.95 Å². The molecule has 2 aliphatic heterocycles. The van der Waals surface area contributed by atoms with Gasteiger partial charge in [-0.2, -0.15) is 0 Å². The van der Waals surface area contributed by atoms with E-state index in [4.69, 9.17) is 21.1 Å². The topological polar surface area (TPSA) is 67.8 Å². The quantitative estimate of drug-likeness (QED) is 0.415. The maximum atomic E-state index is 12.4. The van der Waals surface area contributed by atoms with Crippen LogP contribution in [0.3, 0.4) is 0 Å². The standard InChI is InChI=1S/C28H45ClN4O3/c1-19(2)25(21-8-13-33(14-9-21)27(34)36-28(3,4)5)35-15-10-22-16-24(22)20-6-11-32(12-7-20)26-30-17-23(29)18-31-26/h17-22,24-25H,6-16H2,1-5H3/t22-,24-,25?/m1/s1. The second-order valence-corrected chi connectivity index (χ2v) is 12.8. The van der Waals surface area contributed by atoms with Crippen LogP contribution >= 0.6 is 11.6 Å². The molecule has 8 heteroatoms. The van der Waals surface area contributed by atoms with Gasteiger partial charge >= 0.3 is 6.09 Å². The minimum absolute atomic E-state index is 0.186. The number of aromatic nitrogens is 2. The highest BCUT2D eigenvalue weighted by Crippen LogP contribution is 2.50. The van der Waals surface area contributed by atoms with Crippen molar-refractivity contribution in [2.75, 3.05) is 37.7 Å². The van der Waals surface area contributed by atoms with Gasteiger partial charge in [0.05, 0.1) is 23.5 Å². The lowest BCUT2D eigenvalue weighted by Crippen LogP contribution is -2.45. The predicted octanol–water partition coefficient (Wildman–Crippen LogP) is 6.06. The fourth-order valence-electron chi connectivity index (χ4n) is 6.14. The second kappa shape index (κ2) is 11.8. The molecule has 1 amide bonds. The minimum atomic E-state index is -0.444. The van der Waals surface area contributed by atoms with Crippen LogP contribution in [0.25, 0.3) is 0 Å². The molecule has 1 unspecified atom stereocenters. The summed E-state index contributed by atoms with van der Waals surface area (Å²) in [5, 5.41) is 0.586. The lowest BCUT2D eigenvalue weighted by atomic mass is 9.85. The zero-order chi connectivity index (χ0) is 25.9. The maximum Gasteiger partial charge on any atom is 0.410 e. The van der Waals surface area contributed by atoms with Crippen LogP contribution in [0.1, 0.15) is 73.1 Å². The number of likely N-dealkylation sites (tertiary alicyclic amines) is 1. The summed E-state index contributed by atoms with van der Waals surface area (Å²) in [5.41, 5.74) is -0.444. The monoisotopic (exact) mass is 520 g/mol. The van der Waals surface area contributed by atoms with Gasteiger partial charge in [0.15, 0.2) is 0 Å². The van der Waals surface area contributed by atoms with Gasteiger partial charge in [-0.15, -0.1) is 0 Å². The first-order valence-corrected chi connectivity index (χ1v) is 14.3. The van der Waals surface area contributed by atoms with Gasteiger partial charge in [0.25, 0.3) is 0 Å². The Kier molecular flexibility index (Phi) is 9.03. The van der Waals surface area contributed by atoms with E-state index in [1.54, 1.807) is 12.4 Å². The van der Waals surface area contributed by atoms with Crippen LogP contribution in [0.2, 0.25) is 5.02 Å². The molecule has 0 aromatic carbocycles. The van der Waals surface area contributed by atoms with Crippen molar-refractivity contribution in [2.24, 2.45) is 29.6 Å². The highest BCUT2D eigenvalue weighted by molar-refractivity contribution is 6.30. The summed E-state index contributed by atoms with van der Waals surface area (Å²) >= 11 is 5.93. The third kappa shape index (κ3) is 7.47. The largest absolute Gasteiger partial charge is 0.444 e. The smallest absolute Gasteiger partial charge is 0.410 e. The molecule has 0 bridgehead atoms. The van der Waals surface area contributed by atoms with E-state index in [2.05, 4.69) is 28.7 Å². The number of anilines is 1. The van der Waals surface area contributed by atoms with Gasteiger partial charge in [0.1, 0.15) is 5.60 Å². The third-order valence-corrected chi connectivity index (χ3v) is 8.32. The molecule has 2 saturated heterocycles. The Labute approximate surface area is 222 Å². The zero-order valence-corrected chi connectivity index (χ0v) is 23.5. The van der Waals surface area contributed by atoms with Crippen molar-refractivity contribution in [3.8, 4) is 0 Å². The van der Waals surface area contributed by atoms with Gasteiger partial charge in [-0.1, -0.05) is 25.4 Å². The molecule has 7 nitrogen and oxygen atoms in total. The van der Waals surface area contributed by atoms with E-state index in [-0.39, 0.29) is 12.2 Å². The van der Waals surface area contributed by atoms with Gasteiger partial charge < -0.3 is 19.3 Å². The number of halogens is 1. The van der Waals surface area contributed by atoms with Crippen LogP contribution in [0, 0.1) is 29.6 Å². The fourth-order valence-corrected chi connectivity index (χ4v) is 6.24. The molecule has 0 spiro atoms. The van der Waals surface area contributed by atoms with Gasteiger partial charge in [-0.25, -0.2) is 14.8 Å². The Morgan fingerprint density at radius 2 is 1.72 bits per heavy atom.